The Hall–Kier alpha value is -1.88. The molecule has 0 spiro atoms. The minimum Gasteiger partial charge on any atom is -0.394 e. The third-order valence-corrected chi connectivity index (χ3v) is 3.62. The van der Waals surface area contributed by atoms with Crippen LogP contribution in [-0.4, -0.2) is 47.6 Å². The average molecular weight is 276 g/mol. The van der Waals surface area contributed by atoms with Crippen LogP contribution >= 0.6 is 0 Å². The fraction of sp³-hybridized carbons (Fsp3) is 0.467. The summed E-state index contributed by atoms with van der Waals surface area (Å²) in [6.07, 6.45) is 1.73. The summed E-state index contributed by atoms with van der Waals surface area (Å²) in [5.41, 5.74) is 1.63. The summed E-state index contributed by atoms with van der Waals surface area (Å²) in [6, 6.07) is 7.10. The van der Waals surface area contributed by atoms with Crippen LogP contribution in [0.5, 0.6) is 0 Å². The molecule has 1 unspecified atom stereocenters. The average Bonchev–Trinajstić information content (AvgIpc) is 2.93. The van der Waals surface area contributed by atoms with E-state index < -0.39 is 0 Å². The number of amides is 2. The molecule has 1 fully saturated rings. The second-order valence-corrected chi connectivity index (χ2v) is 5.11. The van der Waals surface area contributed by atoms with Gasteiger partial charge in [-0.2, -0.15) is 0 Å². The van der Waals surface area contributed by atoms with Gasteiger partial charge < -0.3 is 15.3 Å². The van der Waals surface area contributed by atoms with E-state index in [9.17, 15) is 14.7 Å². The molecule has 0 saturated carbocycles. The maximum atomic E-state index is 12.0. The molecule has 5 heteroatoms. The van der Waals surface area contributed by atoms with Gasteiger partial charge in [0.05, 0.1) is 19.2 Å². The number of carbonyl (C=O) groups excluding carboxylic acids is 2. The maximum absolute atomic E-state index is 12.0. The highest BCUT2D eigenvalue weighted by molar-refractivity contribution is 5.96. The first-order chi connectivity index (χ1) is 9.61. The van der Waals surface area contributed by atoms with Crippen LogP contribution in [0, 0.1) is 6.92 Å². The van der Waals surface area contributed by atoms with Crippen LogP contribution in [0.3, 0.4) is 0 Å². The number of nitrogens with zero attached hydrogens (tertiary/aromatic N) is 1. The Morgan fingerprint density at radius 3 is 2.70 bits per heavy atom. The molecule has 108 valence electrons. The van der Waals surface area contributed by atoms with E-state index in [0.29, 0.717) is 12.1 Å². The van der Waals surface area contributed by atoms with Gasteiger partial charge >= 0.3 is 0 Å². The predicted molar refractivity (Wildman–Crippen MR) is 75.3 cm³/mol. The monoisotopic (exact) mass is 276 g/mol. The van der Waals surface area contributed by atoms with Crippen LogP contribution < -0.4 is 5.32 Å². The van der Waals surface area contributed by atoms with Gasteiger partial charge in [0.25, 0.3) is 5.91 Å². The third-order valence-electron chi connectivity index (χ3n) is 3.62. The highest BCUT2D eigenvalue weighted by atomic mass is 16.3. The minimum atomic E-state index is -0.252. The molecule has 1 aromatic rings. The van der Waals surface area contributed by atoms with Crippen molar-refractivity contribution in [3.8, 4) is 0 Å². The van der Waals surface area contributed by atoms with E-state index in [0.717, 1.165) is 18.4 Å². The molecule has 2 amide bonds. The van der Waals surface area contributed by atoms with Gasteiger partial charge in [-0.3, -0.25) is 9.59 Å². The molecule has 1 aliphatic heterocycles. The number of aryl methyl sites for hydroxylation is 1. The Morgan fingerprint density at radius 1 is 1.35 bits per heavy atom. The lowest BCUT2D eigenvalue weighted by atomic mass is 10.1. The second-order valence-electron chi connectivity index (χ2n) is 5.11. The van der Waals surface area contributed by atoms with E-state index in [4.69, 9.17) is 0 Å². The van der Waals surface area contributed by atoms with Crippen molar-refractivity contribution in [3.05, 3.63) is 35.4 Å². The first kappa shape index (κ1) is 14.5. The molecule has 0 bridgehead atoms. The van der Waals surface area contributed by atoms with Crippen molar-refractivity contribution >= 4 is 11.8 Å². The van der Waals surface area contributed by atoms with Crippen LogP contribution in [0.2, 0.25) is 0 Å². The van der Waals surface area contributed by atoms with Crippen molar-refractivity contribution in [2.75, 3.05) is 19.7 Å². The minimum absolute atomic E-state index is 0.0162. The summed E-state index contributed by atoms with van der Waals surface area (Å²) in [5, 5.41) is 11.8. The SMILES string of the molecule is Cc1ccc(C(=O)NCC(=O)N2CCCC2CO)cc1. The largest absolute Gasteiger partial charge is 0.394 e. The summed E-state index contributed by atoms with van der Waals surface area (Å²) >= 11 is 0. The molecule has 2 rings (SSSR count). The van der Waals surface area contributed by atoms with Gasteiger partial charge in [-0.05, 0) is 31.9 Å². The lowest BCUT2D eigenvalue weighted by Crippen LogP contribution is -2.43. The Morgan fingerprint density at radius 2 is 2.05 bits per heavy atom. The van der Waals surface area contributed by atoms with Crippen molar-refractivity contribution in [2.24, 2.45) is 0 Å². The van der Waals surface area contributed by atoms with E-state index in [1.54, 1.807) is 17.0 Å². The maximum Gasteiger partial charge on any atom is 0.251 e. The Labute approximate surface area is 118 Å². The van der Waals surface area contributed by atoms with E-state index in [1.165, 1.54) is 0 Å². The normalized spacial score (nSPS) is 18.1. The molecule has 1 aliphatic rings. The topological polar surface area (TPSA) is 69.6 Å². The lowest BCUT2D eigenvalue weighted by molar-refractivity contribution is -0.131. The van der Waals surface area contributed by atoms with E-state index in [-0.39, 0.29) is 31.0 Å². The number of benzene rings is 1. The number of aliphatic hydroxyl groups excluding tert-OH is 1. The smallest absolute Gasteiger partial charge is 0.251 e. The number of hydrogen-bond donors (Lipinski definition) is 2. The first-order valence-electron chi connectivity index (χ1n) is 6.87. The van der Waals surface area contributed by atoms with Gasteiger partial charge in [0.1, 0.15) is 0 Å². The number of carbonyl (C=O) groups is 2. The van der Waals surface area contributed by atoms with Crippen LogP contribution in [0.25, 0.3) is 0 Å². The molecule has 1 aromatic carbocycles. The third kappa shape index (κ3) is 3.36. The molecule has 0 aromatic heterocycles. The number of rotatable bonds is 4. The highest BCUT2D eigenvalue weighted by Crippen LogP contribution is 2.16. The molecular weight excluding hydrogens is 256 g/mol. The van der Waals surface area contributed by atoms with Crippen molar-refractivity contribution in [3.63, 3.8) is 0 Å². The summed E-state index contributed by atoms with van der Waals surface area (Å²) in [7, 11) is 0. The van der Waals surface area contributed by atoms with Crippen molar-refractivity contribution in [2.45, 2.75) is 25.8 Å². The molecular formula is C15H20N2O3. The number of hydrogen-bond acceptors (Lipinski definition) is 3. The molecule has 1 heterocycles. The standard InChI is InChI=1S/C15H20N2O3/c1-11-4-6-12(7-5-11)15(20)16-9-14(19)17-8-2-3-13(17)10-18/h4-7,13,18H,2-3,8-10H2,1H3,(H,16,20). The van der Waals surface area contributed by atoms with Gasteiger partial charge in [0, 0.05) is 12.1 Å². The molecule has 0 aliphatic carbocycles. The lowest BCUT2D eigenvalue weighted by Gasteiger charge is -2.23. The van der Waals surface area contributed by atoms with Gasteiger partial charge in [-0.25, -0.2) is 0 Å². The van der Waals surface area contributed by atoms with Gasteiger partial charge in [-0.1, -0.05) is 17.7 Å². The molecule has 0 radical (unpaired) electrons. The van der Waals surface area contributed by atoms with Crippen molar-refractivity contribution < 1.29 is 14.7 Å². The number of likely N-dealkylation sites (tertiary alicyclic amines) is 1. The number of nitrogens with one attached hydrogen (secondary N) is 1. The summed E-state index contributed by atoms with van der Waals surface area (Å²) in [4.78, 5) is 25.5. The Balaban J connectivity index is 1.87. The van der Waals surface area contributed by atoms with Gasteiger partial charge in [0.2, 0.25) is 5.91 Å². The summed E-state index contributed by atoms with van der Waals surface area (Å²) in [5.74, 6) is -0.389. The van der Waals surface area contributed by atoms with Crippen LogP contribution in [0.4, 0.5) is 0 Å². The van der Waals surface area contributed by atoms with Gasteiger partial charge in [0.15, 0.2) is 0 Å². The molecule has 2 N–H and O–H groups in total. The van der Waals surface area contributed by atoms with Gasteiger partial charge in [-0.15, -0.1) is 0 Å². The molecule has 1 atom stereocenters. The highest BCUT2D eigenvalue weighted by Gasteiger charge is 2.27. The number of aliphatic hydroxyl groups is 1. The zero-order valence-electron chi connectivity index (χ0n) is 11.6. The Kier molecular flexibility index (Phi) is 4.74. The van der Waals surface area contributed by atoms with Crippen LogP contribution in [0.15, 0.2) is 24.3 Å². The fourth-order valence-electron chi connectivity index (χ4n) is 2.42. The van der Waals surface area contributed by atoms with Crippen LogP contribution in [-0.2, 0) is 4.79 Å². The van der Waals surface area contributed by atoms with Crippen molar-refractivity contribution in [1.82, 2.24) is 10.2 Å². The molecule has 5 nitrogen and oxygen atoms in total. The van der Waals surface area contributed by atoms with E-state index in [2.05, 4.69) is 5.32 Å². The Bertz CT molecular complexity index is 484. The fourth-order valence-corrected chi connectivity index (χ4v) is 2.42. The first-order valence-corrected chi connectivity index (χ1v) is 6.87. The zero-order chi connectivity index (χ0) is 14.5. The summed E-state index contributed by atoms with van der Waals surface area (Å²) in [6.45, 7) is 2.57. The molecule has 20 heavy (non-hydrogen) atoms. The van der Waals surface area contributed by atoms with E-state index in [1.807, 2.05) is 19.1 Å². The van der Waals surface area contributed by atoms with Crippen molar-refractivity contribution in [1.29, 1.82) is 0 Å². The summed E-state index contributed by atoms with van der Waals surface area (Å²) < 4.78 is 0. The predicted octanol–water partition coefficient (Wildman–Crippen LogP) is 0.708. The second kappa shape index (κ2) is 6.52. The quantitative estimate of drug-likeness (QED) is 0.851. The van der Waals surface area contributed by atoms with Crippen LogP contribution in [0.1, 0.15) is 28.8 Å². The zero-order valence-corrected chi connectivity index (χ0v) is 11.6. The molecule has 1 saturated heterocycles. The van der Waals surface area contributed by atoms with E-state index >= 15 is 0 Å².